The number of carbonyl (C=O) groups is 2. The van der Waals surface area contributed by atoms with Crippen LogP contribution >= 0.6 is 23.4 Å². The Morgan fingerprint density at radius 3 is 2.44 bits per heavy atom. The van der Waals surface area contributed by atoms with Crippen molar-refractivity contribution in [2.24, 2.45) is 5.92 Å². The van der Waals surface area contributed by atoms with Crippen LogP contribution in [0.15, 0.2) is 53.4 Å². The molecule has 1 atom stereocenters. The number of anilines is 2. The fourth-order valence-corrected chi connectivity index (χ4v) is 3.42. The van der Waals surface area contributed by atoms with Gasteiger partial charge in [-0.05, 0) is 56.2 Å². The van der Waals surface area contributed by atoms with Gasteiger partial charge < -0.3 is 10.6 Å². The van der Waals surface area contributed by atoms with Crippen molar-refractivity contribution in [2.45, 2.75) is 29.9 Å². The lowest BCUT2D eigenvalue weighted by Crippen LogP contribution is -2.22. The van der Waals surface area contributed by atoms with Crippen LogP contribution in [0.5, 0.6) is 0 Å². The van der Waals surface area contributed by atoms with Crippen LogP contribution in [0.1, 0.15) is 19.8 Å². The number of hydrogen-bond acceptors (Lipinski definition) is 3. The standard InChI is InChI=1S/C19H19ClN2O2S/c1-12(18(23)21-15-5-2-4-14(20)10-15)25-17-7-3-6-16(11-17)22-19(24)13-8-9-13/h2-7,10-13H,8-9H2,1H3,(H,21,23)(H,22,24). The predicted molar refractivity (Wildman–Crippen MR) is 103 cm³/mol. The first kappa shape index (κ1) is 17.8. The maximum atomic E-state index is 12.3. The molecule has 25 heavy (non-hydrogen) atoms. The molecule has 0 aliphatic heterocycles. The lowest BCUT2D eigenvalue weighted by molar-refractivity contribution is -0.117. The summed E-state index contributed by atoms with van der Waals surface area (Å²) in [4.78, 5) is 25.1. The Morgan fingerprint density at radius 1 is 1.08 bits per heavy atom. The zero-order valence-electron chi connectivity index (χ0n) is 13.8. The zero-order valence-corrected chi connectivity index (χ0v) is 15.4. The summed E-state index contributed by atoms with van der Waals surface area (Å²) in [6.07, 6.45) is 1.95. The van der Waals surface area contributed by atoms with Crippen LogP contribution in [0, 0.1) is 5.92 Å². The molecule has 130 valence electrons. The minimum absolute atomic E-state index is 0.0777. The van der Waals surface area contributed by atoms with Crippen LogP contribution in [0.4, 0.5) is 11.4 Å². The lowest BCUT2D eigenvalue weighted by atomic mass is 10.3. The van der Waals surface area contributed by atoms with Gasteiger partial charge in [0.1, 0.15) is 0 Å². The summed E-state index contributed by atoms with van der Waals surface area (Å²) in [5.74, 6) is 0.146. The second-order valence-electron chi connectivity index (χ2n) is 6.05. The van der Waals surface area contributed by atoms with E-state index in [1.807, 2.05) is 31.2 Å². The van der Waals surface area contributed by atoms with Crippen LogP contribution in [-0.2, 0) is 9.59 Å². The number of benzene rings is 2. The number of rotatable bonds is 6. The average molecular weight is 375 g/mol. The smallest absolute Gasteiger partial charge is 0.237 e. The highest BCUT2D eigenvalue weighted by molar-refractivity contribution is 8.00. The first-order valence-corrected chi connectivity index (χ1v) is 9.41. The molecule has 1 fully saturated rings. The van der Waals surface area contributed by atoms with Crippen LogP contribution in [0.25, 0.3) is 0 Å². The van der Waals surface area contributed by atoms with Gasteiger partial charge in [0.15, 0.2) is 0 Å². The average Bonchev–Trinajstić information content (AvgIpc) is 3.40. The monoisotopic (exact) mass is 374 g/mol. The summed E-state index contributed by atoms with van der Waals surface area (Å²) in [7, 11) is 0. The molecule has 1 aliphatic carbocycles. The summed E-state index contributed by atoms with van der Waals surface area (Å²) in [5.41, 5.74) is 1.44. The summed E-state index contributed by atoms with van der Waals surface area (Å²) in [6.45, 7) is 1.85. The van der Waals surface area contributed by atoms with E-state index in [9.17, 15) is 9.59 Å². The zero-order chi connectivity index (χ0) is 17.8. The topological polar surface area (TPSA) is 58.2 Å². The van der Waals surface area contributed by atoms with Crippen LogP contribution in [0.3, 0.4) is 0 Å². The molecule has 0 radical (unpaired) electrons. The number of amides is 2. The summed E-state index contributed by atoms with van der Waals surface area (Å²) < 4.78 is 0. The SMILES string of the molecule is CC(Sc1cccc(NC(=O)C2CC2)c1)C(=O)Nc1cccc(Cl)c1. The minimum Gasteiger partial charge on any atom is -0.326 e. The van der Waals surface area contributed by atoms with E-state index in [0.29, 0.717) is 10.7 Å². The first-order valence-electron chi connectivity index (χ1n) is 8.15. The Morgan fingerprint density at radius 2 is 1.76 bits per heavy atom. The molecular formula is C19H19ClN2O2S. The molecule has 4 nitrogen and oxygen atoms in total. The Labute approximate surface area is 156 Å². The summed E-state index contributed by atoms with van der Waals surface area (Å²) in [5, 5.41) is 6.08. The van der Waals surface area contributed by atoms with E-state index < -0.39 is 0 Å². The third kappa shape index (κ3) is 5.25. The molecule has 1 aliphatic rings. The van der Waals surface area contributed by atoms with E-state index >= 15 is 0 Å². The molecule has 0 heterocycles. The molecule has 2 amide bonds. The fraction of sp³-hybridized carbons (Fsp3) is 0.263. The maximum absolute atomic E-state index is 12.3. The van der Waals surface area contributed by atoms with Crippen molar-refractivity contribution in [3.63, 3.8) is 0 Å². The van der Waals surface area contributed by atoms with E-state index in [1.165, 1.54) is 11.8 Å². The minimum atomic E-state index is -0.284. The molecule has 3 rings (SSSR count). The maximum Gasteiger partial charge on any atom is 0.237 e. The molecule has 2 aromatic carbocycles. The molecular weight excluding hydrogens is 356 g/mol. The van der Waals surface area contributed by atoms with Gasteiger partial charge in [-0.1, -0.05) is 23.7 Å². The van der Waals surface area contributed by atoms with Gasteiger partial charge >= 0.3 is 0 Å². The van der Waals surface area contributed by atoms with E-state index in [-0.39, 0.29) is 23.0 Å². The number of thioether (sulfide) groups is 1. The van der Waals surface area contributed by atoms with Gasteiger partial charge in [0, 0.05) is 27.2 Å². The fourth-order valence-electron chi connectivity index (χ4n) is 2.30. The van der Waals surface area contributed by atoms with Crippen LogP contribution in [-0.4, -0.2) is 17.1 Å². The summed E-state index contributed by atoms with van der Waals surface area (Å²) >= 11 is 7.38. The van der Waals surface area contributed by atoms with Crippen molar-refractivity contribution in [3.05, 3.63) is 53.6 Å². The molecule has 6 heteroatoms. The molecule has 2 N–H and O–H groups in total. The molecule has 1 unspecified atom stereocenters. The quantitative estimate of drug-likeness (QED) is 0.713. The van der Waals surface area contributed by atoms with Crippen molar-refractivity contribution in [3.8, 4) is 0 Å². The first-order chi connectivity index (χ1) is 12.0. The van der Waals surface area contributed by atoms with Gasteiger partial charge in [-0.15, -0.1) is 11.8 Å². The molecule has 0 aromatic heterocycles. The van der Waals surface area contributed by atoms with Crippen molar-refractivity contribution in [2.75, 3.05) is 10.6 Å². The van der Waals surface area contributed by atoms with Crippen molar-refractivity contribution in [1.82, 2.24) is 0 Å². The molecule has 2 aromatic rings. The second-order valence-corrected chi connectivity index (χ2v) is 7.90. The molecule has 1 saturated carbocycles. The van der Waals surface area contributed by atoms with E-state index in [4.69, 9.17) is 11.6 Å². The number of halogens is 1. The number of hydrogen-bond donors (Lipinski definition) is 2. The Bertz CT molecular complexity index is 792. The Balaban J connectivity index is 1.58. The second kappa shape index (κ2) is 7.93. The predicted octanol–water partition coefficient (Wildman–Crippen LogP) is 4.81. The lowest BCUT2D eigenvalue weighted by Gasteiger charge is -2.13. The molecule has 0 spiro atoms. The van der Waals surface area contributed by atoms with Gasteiger partial charge in [0.2, 0.25) is 11.8 Å². The number of carbonyl (C=O) groups excluding carboxylic acids is 2. The van der Waals surface area contributed by atoms with Crippen LogP contribution < -0.4 is 10.6 Å². The number of nitrogens with one attached hydrogen (secondary N) is 2. The van der Waals surface area contributed by atoms with Gasteiger partial charge in [0.25, 0.3) is 0 Å². The van der Waals surface area contributed by atoms with E-state index in [2.05, 4.69) is 10.6 Å². The Hall–Kier alpha value is -1.98. The third-order valence-electron chi connectivity index (χ3n) is 3.82. The van der Waals surface area contributed by atoms with Gasteiger partial charge in [-0.2, -0.15) is 0 Å². The van der Waals surface area contributed by atoms with Gasteiger partial charge in [-0.3, -0.25) is 9.59 Å². The van der Waals surface area contributed by atoms with E-state index in [0.717, 1.165) is 23.4 Å². The van der Waals surface area contributed by atoms with Crippen LogP contribution in [0.2, 0.25) is 5.02 Å². The highest BCUT2D eigenvalue weighted by atomic mass is 35.5. The van der Waals surface area contributed by atoms with Crippen molar-refractivity contribution in [1.29, 1.82) is 0 Å². The van der Waals surface area contributed by atoms with E-state index in [1.54, 1.807) is 24.3 Å². The normalized spacial score (nSPS) is 14.6. The highest BCUT2D eigenvalue weighted by Gasteiger charge is 2.29. The van der Waals surface area contributed by atoms with Gasteiger partial charge in [-0.25, -0.2) is 0 Å². The third-order valence-corrected chi connectivity index (χ3v) is 5.15. The molecule has 0 saturated heterocycles. The van der Waals surface area contributed by atoms with Gasteiger partial charge in [0.05, 0.1) is 5.25 Å². The Kier molecular flexibility index (Phi) is 5.66. The highest BCUT2D eigenvalue weighted by Crippen LogP contribution is 2.31. The van der Waals surface area contributed by atoms with Crippen molar-refractivity contribution >= 4 is 46.6 Å². The molecule has 0 bridgehead atoms. The largest absolute Gasteiger partial charge is 0.326 e. The van der Waals surface area contributed by atoms with Crippen molar-refractivity contribution < 1.29 is 9.59 Å². The summed E-state index contributed by atoms with van der Waals surface area (Å²) in [6, 6.07) is 14.6.